The lowest BCUT2D eigenvalue weighted by atomic mass is 9.97. The van der Waals surface area contributed by atoms with Gasteiger partial charge in [0.1, 0.15) is 0 Å². The van der Waals surface area contributed by atoms with E-state index in [1.165, 1.54) is 13.2 Å². The van der Waals surface area contributed by atoms with Gasteiger partial charge in [0, 0.05) is 5.56 Å². The van der Waals surface area contributed by atoms with Crippen LogP contribution >= 0.6 is 15.9 Å². The quantitative estimate of drug-likeness (QED) is 0.730. The van der Waals surface area contributed by atoms with Crippen LogP contribution < -0.4 is 9.47 Å². The molecular weight excluding hydrogens is 327 g/mol. The highest BCUT2D eigenvalue weighted by molar-refractivity contribution is 9.10. The molecule has 0 radical (unpaired) electrons. The number of hydrogen-bond donors (Lipinski definition) is 0. The van der Waals surface area contributed by atoms with Crippen LogP contribution in [0.5, 0.6) is 11.6 Å². The first-order chi connectivity index (χ1) is 8.78. The largest absolute Gasteiger partial charge is 0.574 e. The van der Waals surface area contributed by atoms with Crippen molar-refractivity contribution in [3.8, 4) is 11.6 Å². The molecule has 1 aromatic rings. The lowest BCUT2D eigenvalue weighted by Gasteiger charge is -2.18. The van der Waals surface area contributed by atoms with E-state index in [0.29, 0.717) is 11.3 Å². The maximum Gasteiger partial charge on any atom is 0.574 e. The van der Waals surface area contributed by atoms with Gasteiger partial charge in [-0.2, -0.15) is 0 Å². The topological polar surface area (TPSA) is 31.4 Å². The molecule has 0 aliphatic heterocycles. The summed E-state index contributed by atoms with van der Waals surface area (Å²) in [6.45, 7) is 3.79. The molecule has 0 bridgehead atoms. The number of hydrogen-bond acceptors (Lipinski definition) is 3. The van der Waals surface area contributed by atoms with Gasteiger partial charge in [0.25, 0.3) is 0 Å². The maximum absolute atomic E-state index is 12.4. The van der Waals surface area contributed by atoms with Gasteiger partial charge in [0.05, 0.1) is 7.11 Å². The van der Waals surface area contributed by atoms with Crippen LogP contribution in [0.4, 0.5) is 13.2 Å². The SMILES string of the molecule is CCCC(C)c1cc(OC)c(Br)nc1OC(F)(F)F. The van der Waals surface area contributed by atoms with Crippen LogP contribution in [-0.2, 0) is 0 Å². The Morgan fingerprint density at radius 2 is 2.05 bits per heavy atom. The van der Waals surface area contributed by atoms with Crippen molar-refractivity contribution in [2.45, 2.75) is 39.0 Å². The maximum atomic E-state index is 12.4. The minimum atomic E-state index is -4.76. The molecule has 1 aromatic heterocycles. The zero-order valence-electron chi connectivity index (χ0n) is 10.8. The summed E-state index contributed by atoms with van der Waals surface area (Å²) in [5, 5.41) is 0. The van der Waals surface area contributed by atoms with Gasteiger partial charge >= 0.3 is 6.36 Å². The zero-order valence-corrected chi connectivity index (χ0v) is 12.4. The average Bonchev–Trinajstić information content (AvgIpc) is 2.27. The van der Waals surface area contributed by atoms with Crippen LogP contribution in [0.1, 0.15) is 38.2 Å². The number of ether oxygens (including phenoxy) is 2. The Hall–Kier alpha value is -0.980. The van der Waals surface area contributed by atoms with Crippen molar-refractivity contribution < 1.29 is 22.6 Å². The molecule has 0 aromatic carbocycles. The van der Waals surface area contributed by atoms with E-state index in [2.05, 4.69) is 25.7 Å². The van der Waals surface area contributed by atoms with E-state index >= 15 is 0 Å². The van der Waals surface area contributed by atoms with E-state index in [1.54, 1.807) is 0 Å². The molecule has 0 spiro atoms. The van der Waals surface area contributed by atoms with Crippen LogP contribution in [0, 0.1) is 0 Å². The second-order valence-electron chi connectivity index (χ2n) is 4.11. The van der Waals surface area contributed by atoms with Gasteiger partial charge in [0.15, 0.2) is 10.4 Å². The highest BCUT2D eigenvalue weighted by Gasteiger charge is 2.34. The smallest absolute Gasteiger partial charge is 0.494 e. The standard InChI is InChI=1S/C12H15BrF3NO2/c1-4-5-7(2)8-6-9(18-3)10(13)17-11(8)19-12(14,15)16/h6-7H,4-5H2,1-3H3. The Balaban J connectivity index is 3.22. The fourth-order valence-electron chi connectivity index (χ4n) is 1.75. The van der Waals surface area contributed by atoms with Gasteiger partial charge in [-0.3, -0.25) is 0 Å². The Labute approximate surface area is 118 Å². The molecule has 3 nitrogen and oxygen atoms in total. The van der Waals surface area contributed by atoms with Crippen LogP contribution in [-0.4, -0.2) is 18.5 Å². The third kappa shape index (κ3) is 4.56. The second kappa shape index (κ2) is 6.45. The average molecular weight is 342 g/mol. The molecule has 0 saturated heterocycles. The normalized spacial score (nSPS) is 13.2. The van der Waals surface area contributed by atoms with Gasteiger partial charge in [0.2, 0.25) is 5.88 Å². The minimum absolute atomic E-state index is 0.100. The van der Waals surface area contributed by atoms with E-state index in [-0.39, 0.29) is 10.5 Å². The summed E-state index contributed by atoms with van der Waals surface area (Å²) < 4.78 is 46.3. The van der Waals surface area contributed by atoms with Crippen LogP contribution in [0.25, 0.3) is 0 Å². The second-order valence-corrected chi connectivity index (χ2v) is 4.86. The molecule has 0 N–H and O–H groups in total. The molecule has 0 saturated carbocycles. The van der Waals surface area contributed by atoms with E-state index < -0.39 is 12.2 Å². The van der Waals surface area contributed by atoms with Gasteiger partial charge in [-0.05, 0) is 34.3 Å². The molecule has 0 amide bonds. The number of aromatic nitrogens is 1. The number of rotatable bonds is 5. The van der Waals surface area contributed by atoms with Crippen LogP contribution in [0.3, 0.4) is 0 Å². The molecule has 108 valence electrons. The Morgan fingerprint density at radius 1 is 1.42 bits per heavy atom. The number of pyridine rings is 1. The van der Waals surface area contributed by atoms with Crippen LogP contribution in [0.15, 0.2) is 10.7 Å². The zero-order chi connectivity index (χ0) is 14.6. The molecule has 1 heterocycles. The first-order valence-corrected chi connectivity index (χ1v) is 6.58. The first-order valence-electron chi connectivity index (χ1n) is 5.78. The summed E-state index contributed by atoms with van der Waals surface area (Å²) >= 11 is 3.05. The fraction of sp³-hybridized carbons (Fsp3) is 0.583. The van der Waals surface area contributed by atoms with Crippen molar-refractivity contribution in [1.29, 1.82) is 0 Å². The summed E-state index contributed by atoms with van der Waals surface area (Å²) in [6, 6.07) is 1.53. The molecule has 7 heteroatoms. The third-order valence-corrected chi connectivity index (χ3v) is 3.19. The van der Waals surface area contributed by atoms with Crippen LogP contribution in [0.2, 0.25) is 0 Å². The summed E-state index contributed by atoms with van der Waals surface area (Å²) in [6.07, 6.45) is -3.17. The summed E-state index contributed by atoms with van der Waals surface area (Å²) in [4.78, 5) is 3.78. The predicted octanol–water partition coefficient (Wildman–Crippen LogP) is 4.65. The Bertz CT molecular complexity index is 438. The number of nitrogens with zero attached hydrogens (tertiary/aromatic N) is 1. The molecule has 0 aliphatic carbocycles. The van der Waals surface area contributed by atoms with Crippen molar-refractivity contribution in [3.05, 3.63) is 16.2 Å². The van der Waals surface area contributed by atoms with E-state index in [4.69, 9.17) is 4.74 Å². The number of halogens is 4. The highest BCUT2D eigenvalue weighted by Crippen LogP contribution is 2.37. The van der Waals surface area contributed by atoms with E-state index in [0.717, 1.165) is 12.8 Å². The third-order valence-electron chi connectivity index (χ3n) is 2.62. The van der Waals surface area contributed by atoms with Crippen molar-refractivity contribution >= 4 is 15.9 Å². The van der Waals surface area contributed by atoms with E-state index in [1.807, 2.05) is 13.8 Å². The fourth-order valence-corrected chi connectivity index (χ4v) is 2.18. The molecule has 0 fully saturated rings. The molecule has 19 heavy (non-hydrogen) atoms. The van der Waals surface area contributed by atoms with Gasteiger partial charge in [-0.25, -0.2) is 4.98 Å². The van der Waals surface area contributed by atoms with Gasteiger partial charge in [-0.1, -0.05) is 20.3 Å². The molecule has 0 aliphatic rings. The number of alkyl halides is 3. The lowest BCUT2D eigenvalue weighted by molar-refractivity contribution is -0.276. The summed E-state index contributed by atoms with van der Waals surface area (Å²) in [5.74, 6) is -0.148. The minimum Gasteiger partial charge on any atom is -0.494 e. The first kappa shape index (κ1) is 16.1. The Morgan fingerprint density at radius 3 is 2.53 bits per heavy atom. The van der Waals surface area contributed by atoms with Crippen molar-refractivity contribution in [2.24, 2.45) is 0 Å². The van der Waals surface area contributed by atoms with E-state index in [9.17, 15) is 13.2 Å². The molecule has 1 unspecified atom stereocenters. The molecule has 1 atom stereocenters. The summed E-state index contributed by atoms with van der Waals surface area (Å²) in [7, 11) is 1.43. The van der Waals surface area contributed by atoms with Crippen molar-refractivity contribution in [3.63, 3.8) is 0 Å². The van der Waals surface area contributed by atoms with Crippen molar-refractivity contribution in [1.82, 2.24) is 4.98 Å². The summed E-state index contributed by atoms with van der Waals surface area (Å²) in [5.41, 5.74) is 0.388. The Kier molecular flexibility index (Phi) is 5.46. The predicted molar refractivity (Wildman–Crippen MR) is 68.5 cm³/mol. The van der Waals surface area contributed by atoms with Crippen molar-refractivity contribution in [2.75, 3.05) is 7.11 Å². The highest BCUT2D eigenvalue weighted by atomic mass is 79.9. The molecular formula is C12H15BrF3NO2. The molecule has 1 rings (SSSR count). The van der Waals surface area contributed by atoms with Gasteiger partial charge in [-0.15, -0.1) is 13.2 Å². The number of methoxy groups -OCH3 is 1. The lowest BCUT2D eigenvalue weighted by Crippen LogP contribution is -2.19. The van der Waals surface area contributed by atoms with Gasteiger partial charge < -0.3 is 9.47 Å². The monoisotopic (exact) mass is 341 g/mol.